The summed E-state index contributed by atoms with van der Waals surface area (Å²) in [5.41, 5.74) is 4.09. The zero-order valence-corrected chi connectivity index (χ0v) is 18.0. The molecule has 0 radical (unpaired) electrons. The van der Waals surface area contributed by atoms with Crippen LogP contribution in [0.3, 0.4) is 0 Å². The standard InChI is InChI=1S/C23H19Cl3N2O/c1-2-29-21-12-17(26)7-9-18(21)20-11-16(25)8-10-19(20)23-22(27-13-28-23)14-3-5-15(24)6-4-14/h3-13,22-23H,2H2,1H3,(H,27,28). The molecular weight excluding hydrogens is 427 g/mol. The summed E-state index contributed by atoms with van der Waals surface area (Å²) in [7, 11) is 0. The lowest BCUT2D eigenvalue weighted by atomic mass is 9.89. The van der Waals surface area contributed by atoms with Gasteiger partial charge in [-0.15, -0.1) is 0 Å². The molecule has 1 aliphatic rings. The second-order valence-corrected chi connectivity index (χ2v) is 8.03. The Morgan fingerprint density at radius 2 is 1.55 bits per heavy atom. The number of nitrogens with zero attached hydrogens (tertiary/aromatic N) is 1. The molecule has 0 spiro atoms. The molecule has 3 aromatic carbocycles. The van der Waals surface area contributed by atoms with Crippen LogP contribution in [0.4, 0.5) is 0 Å². The highest BCUT2D eigenvalue weighted by Gasteiger charge is 2.30. The van der Waals surface area contributed by atoms with E-state index in [1.165, 1.54) is 0 Å². The first-order valence-corrected chi connectivity index (χ1v) is 10.5. The molecule has 148 valence electrons. The fourth-order valence-corrected chi connectivity index (χ4v) is 4.07. The van der Waals surface area contributed by atoms with Crippen LogP contribution in [0.5, 0.6) is 5.75 Å². The second-order valence-electron chi connectivity index (χ2n) is 6.72. The molecule has 1 aliphatic heterocycles. The Bertz CT molecular complexity index is 1050. The van der Waals surface area contributed by atoms with E-state index in [1.54, 1.807) is 6.34 Å². The van der Waals surface area contributed by atoms with Crippen molar-refractivity contribution in [1.29, 1.82) is 0 Å². The lowest BCUT2D eigenvalue weighted by Gasteiger charge is -2.23. The molecule has 0 saturated heterocycles. The molecular formula is C23H19Cl3N2O. The van der Waals surface area contributed by atoms with Crippen molar-refractivity contribution in [3.05, 3.63) is 86.9 Å². The molecule has 29 heavy (non-hydrogen) atoms. The predicted octanol–water partition coefficient (Wildman–Crippen LogP) is 7.13. The minimum atomic E-state index is -0.0740. The van der Waals surface area contributed by atoms with Crippen molar-refractivity contribution in [2.24, 2.45) is 4.99 Å². The average Bonchev–Trinajstić information content (AvgIpc) is 3.18. The van der Waals surface area contributed by atoms with Crippen molar-refractivity contribution in [3.8, 4) is 16.9 Å². The monoisotopic (exact) mass is 444 g/mol. The van der Waals surface area contributed by atoms with Gasteiger partial charge in [-0.2, -0.15) is 0 Å². The fraction of sp³-hybridized carbons (Fsp3) is 0.174. The molecule has 0 bridgehead atoms. The van der Waals surface area contributed by atoms with Crippen LogP contribution >= 0.6 is 34.8 Å². The summed E-state index contributed by atoms with van der Waals surface area (Å²) in [6.45, 7) is 2.49. The first kappa shape index (κ1) is 20.1. The Hall–Kier alpha value is -2.20. The Morgan fingerprint density at radius 3 is 2.31 bits per heavy atom. The Kier molecular flexibility index (Phi) is 6.00. The minimum absolute atomic E-state index is 0.0476. The second kappa shape index (κ2) is 8.66. The fourth-order valence-electron chi connectivity index (χ4n) is 3.61. The molecule has 1 heterocycles. The van der Waals surface area contributed by atoms with Crippen LogP contribution in [0, 0.1) is 0 Å². The zero-order valence-electron chi connectivity index (χ0n) is 15.7. The van der Waals surface area contributed by atoms with Crippen LogP contribution in [0.15, 0.2) is 65.7 Å². The van der Waals surface area contributed by atoms with E-state index in [9.17, 15) is 0 Å². The number of halogens is 3. The van der Waals surface area contributed by atoms with Crippen molar-refractivity contribution in [2.45, 2.75) is 19.0 Å². The van der Waals surface area contributed by atoms with Crippen molar-refractivity contribution in [1.82, 2.24) is 5.32 Å². The molecule has 3 nitrogen and oxygen atoms in total. The molecule has 4 rings (SSSR count). The van der Waals surface area contributed by atoms with E-state index in [-0.39, 0.29) is 12.1 Å². The van der Waals surface area contributed by atoms with Crippen LogP contribution in [0.2, 0.25) is 15.1 Å². The van der Waals surface area contributed by atoms with Crippen molar-refractivity contribution >= 4 is 41.1 Å². The summed E-state index contributed by atoms with van der Waals surface area (Å²) in [6, 6.07) is 19.2. The van der Waals surface area contributed by atoms with Gasteiger partial charge >= 0.3 is 0 Å². The van der Waals surface area contributed by atoms with Crippen LogP contribution in [-0.2, 0) is 0 Å². The van der Waals surface area contributed by atoms with Crippen LogP contribution < -0.4 is 10.1 Å². The third-order valence-electron chi connectivity index (χ3n) is 4.90. The molecule has 2 atom stereocenters. The first-order chi connectivity index (χ1) is 14.1. The Labute approximate surface area is 185 Å². The molecule has 1 N–H and O–H groups in total. The van der Waals surface area contributed by atoms with E-state index in [4.69, 9.17) is 39.5 Å². The minimum Gasteiger partial charge on any atom is -0.493 e. The maximum absolute atomic E-state index is 6.37. The molecule has 0 aromatic heterocycles. The van der Waals surface area contributed by atoms with Gasteiger partial charge in [0.05, 0.1) is 19.0 Å². The van der Waals surface area contributed by atoms with E-state index < -0.39 is 0 Å². The number of rotatable bonds is 5. The summed E-state index contributed by atoms with van der Waals surface area (Å²) in [5.74, 6) is 0.727. The summed E-state index contributed by atoms with van der Waals surface area (Å²) < 4.78 is 5.86. The summed E-state index contributed by atoms with van der Waals surface area (Å²) in [6.07, 6.45) is 1.76. The van der Waals surface area contributed by atoms with Crippen LogP contribution in [-0.4, -0.2) is 12.9 Å². The largest absolute Gasteiger partial charge is 0.493 e. The SMILES string of the molecule is CCOc1cc(Cl)ccc1-c1cc(Cl)ccc1C1NC=NC1c1ccc(Cl)cc1. The normalized spacial score (nSPS) is 17.9. The van der Waals surface area contributed by atoms with Crippen LogP contribution in [0.1, 0.15) is 30.1 Å². The highest BCUT2D eigenvalue weighted by Crippen LogP contribution is 2.43. The molecule has 0 aliphatic carbocycles. The van der Waals surface area contributed by atoms with E-state index >= 15 is 0 Å². The molecule has 0 saturated carbocycles. The maximum Gasteiger partial charge on any atom is 0.128 e. The quantitative estimate of drug-likeness (QED) is 0.453. The Morgan fingerprint density at radius 1 is 0.862 bits per heavy atom. The van der Waals surface area contributed by atoms with Crippen LogP contribution in [0.25, 0.3) is 11.1 Å². The van der Waals surface area contributed by atoms with Gasteiger partial charge in [-0.3, -0.25) is 4.99 Å². The molecule has 0 amide bonds. The third kappa shape index (κ3) is 4.23. The zero-order chi connectivity index (χ0) is 20.4. The van der Waals surface area contributed by atoms with E-state index in [0.29, 0.717) is 21.7 Å². The number of ether oxygens (including phenoxy) is 1. The van der Waals surface area contributed by atoms with Gasteiger partial charge in [-0.25, -0.2) is 0 Å². The van der Waals surface area contributed by atoms with Crippen molar-refractivity contribution in [3.63, 3.8) is 0 Å². The van der Waals surface area contributed by atoms with Gasteiger partial charge in [0.25, 0.3) is 0 Å². The lowest BCUT2D eigenvalue weighted by molar-refractivity contribution is 0.341. The molecule has 6 heteroatoms. The van der Waals surface area contributed by atoms with E-state index in [1.807, 2.05) is 67.6 Å². The predicted molar refractivity (Wildman–Crippen MR) is 122 cm³/mol. The average molecular weight is 446 g/mol. The van der Waals surface area contributed by atoms with Gasteiger partial charge in [0.1, 0.15) is 11.8 Å². The lowest BCUT2D eigenvalue weighted by Crippen LogP contribution is -2.19. The van der Waals surface area contributed by atoms with Gasteiger partial charge < -0.3 is 10.1 Å². The van der Waals surface area contributed by atoms with E-state index in [0.717, 1.165) is 28.0 Å². The smallest absolute Gasteiger partial charge is 0.128 e. The molecule has 0 fully saturated rings. The van der Waals surface area contributed by atoms with Gasteiger partial charge in [-0.1, -0.05) is 53.0 Å². The number of hydrogen-bond donors (Lipinski definition) is 1. The number of hydrogen-bond acceptors (Lipinski definition) is 3. The maximum atomic E-state index is 6.37. The van der Waals surface area contributed by atoms with E-state index in [2.05, 4.69) is 10.3 Å². The van der Waals surface area contributed by atoms with Gasteiger partial charge in [-0.05, 0) is 66.1 Å². The number of nitrogens with one attached hydrogen (secondary N) is 1. The number of aliphatic imine (C=N–C) groups is 1. The van der Waals surface area contributed by atoms with Gasteiger partial charge in [0.2, 0.25) is 0 Å². The summed E-state index contributed by atoms with van der Waals surface area (Å²) in [4.78, 5) is 4.66. The molecule has 2 unspecified atom stereocenters. The Balaban J connectivity index is 1.81. The number of benzene rings is 3. The van der Waals surface area contributed by atoms with Crippen molar-refractivity contribution < 1.29 is 4.74 Å². The van der Waals surface area contributed by atoms with Crippen molar-refractivity contribution in [2.75, 3.05) is 6.61 Å². The first-order valence-electron chi connectivity index (χ1n) is 9.32. The third-order valence-corrected chi connectivity index (χ3v) is 5.62. The highest BCUT2D eigenvalue weighted by molar-refractivity contribution is 6.31. The highest BCUT2D eigenvalue weighted by atomic mass is 35.5. The van der Waals surface area contributed by atoms with Gasteiger partial charge in [0, 0.05) is 20.6 Å². The topological polar surface area (TPSA) is 33.6 Å². The molecule has 3 aromatic rings. The summed E-state index contributed by atoms with van der Waals surface area (Å²) in [5, 5.41) is 5.38. The summed E-state index contributed by atoms with van der Waals surface area (Å²) >= 11 is 18.6. The van der Waals surface area contributed by atoms with Gasteiger partial charge in [0.15, 0.2) is 0 Å².